The fourth-order valence-corrected chi connectivity index (χ4v) is 7.06. The monoisotopic (exact) mass is 633 g/mol. The number of benzene rings is 1. The molecule has 6 rings (SSSR count). The number of aromatic nitrogens is 3. The van der Waals surface area contributed by atoms with Gasteiger partial charge in [-0.25, -0.2) is 14.5 Å². The van der Waals surface area contributed by atoms with Crippen LogP contribution in [0.2, 0.25) is 0 Å². The first-order valence-electron chi connectivity index (χ1n) is 16.4. The van der Waals surface area contributed by atoms with Gasteiger partial charge in [0.2, 0.25) is 0 Å². The molecule has 248 valence electrons. The number of rotatable bonds is 9. The van der Waals surface area contributed by atoms with Crippen LogP contribution in [0.3, 0.4) is 0 Å². The van der Waals surface area contributed by atoms with Crippen LogP contribution in [-0.2, 0) is 20.8 Å². The molecule has 5 heterocycles. The predicted molar refractivity (Wildman–Crippen MR) is 174 cm³/mol. The molecule has 4 atom stereocenters. The van der Waals surface area contributed by atoms with Gasteiger partial charge < -0.3 is 33.9 Å². The van der Waals surface area contributed by atoms with Crippen molar-refractivity contribution < 1.29 is 28.8 Å². The first-order valence-corrected chi connectivity index (χ1v) is 16.4. The van der Waals surface area contributed by atoms with E-state index in [0.29, 0.717) is 11.4 Å². The molecule has 0 aliphatic carbocycles. The van der Waals surface area contributed by atoms with Crippen LogP contribution < -0.4 is 9.64 Å². The standard InChI is InChI=1S/C35H47N5O6/c1-35(2,3)46-34(42)40-25-10-11-26(40)18-27(17-25)38(4)32-14-13-28(30(21-41)37-32)29-12-9-23(16-31(29)45-22-43-5)24-19-36-39(20-24)33-8-6-7-15-44-33/h9,12-14,16,19-20,25-27,33,41H,6-8,10-11,15,17-18,21-22H2,1-5H3/t25-,26+,27?,33?. The fraction of sp³-hybridized carbons (Fsp3) is 0.571. The van der Waals surface area contributed by atoms with E-state index in [1.807, 2.05) is 73.1 Å². The van der Waals surface area contributed by atoms with Gasteiger partial charge in [-0.05, 0) is 95.5 Å². The van der Waals surface area contributed by atoms with Gasteiger partial charge >= 0.3 is 6.09 Å². The molecule has 46 heavy (non-hydrogen) atoms. The molecule has 11 heteroatoms. The highest BCUT2D eigenvalue weighted by Gasteiger charge is 2.46. The number of carbonyl (C=O) groups excluding carboxylic acids is 1. The number of aliphatic hydroxyl groups excluding tert-OH is 1. The number of nitrogens with zero attached hydrogens (tertiary/aromatic N) is 5. The van der Waals surface area contributed by atoms with Crippen LogP contribution in [0.15, 0.2) is 42.7 Å². The van der Waals surface area contributed by atoms with Crippen molar-refractivity contribution >= 4 is 11.9 Å². The second kappa shape index (κ2) is 13.6. The maximum Gasteiger partial charge on any atom is 0.410 e. The molecule has 2 bridgehead atoms. The van der Waals surface area contributed by atoms with Crippen molar-refractivity contribution in [2.24, 2.45) is 0 Å². The predicted octanol–water partition coefficient (Wildman–Crippen LogP) is 6.15. The maximum atomic E-state index is 13.0. The van der Waals surface area contributed by atoms with Crippen LogP contribution in [0.25, 0.3) is 22.3 Å². The Morgan fingerprint density at radius 2 is 1.83 bits per heavy atom. The lowest BCUT2D eigenvalue weighted by Crippen LogP contribution is -2.53. The van der Waals surface area contributed by atoms with Crippen molar-refractivity contribution in [1.29, 1.82) is 0 Å². The number of methoxy groups -OCH3 is 1. The quantitative estimate of drug-likeness (QED) is 0.277. The number of pyridine rings is 1. The molecular weight excluding hydrogens is 586 g/mol. The van der Waals surface area contributed by atoms with E-state index in [0.717, 1.165) is 79.6 Å². The summed E-state index contributed by atoms with van der Waals surface area (Å²) < 4.78 is 24.8. The van der Waals surface area contributed by atoms with E-state index in [2.05, 4.69) is 17.0 Å². The van der Waals surface area contributed by atoms with Crippen molar-refractivity contribution in [3.63, 3.8) is 0 Å². The van der Waals surface area contributed by atoms with E-state index in [1.54, 1.807) is 7.11 Å². The number of aliphatic hydroxyl groups is 1. The van der Waals surface area contributed by atoms with Crippen molar-refractivity contribution in [3.8, 4) is 28.0 Å². The van der Waals surface area contributed by atoms with Crippen LogP contribution in [0.5, 0.6) is 5.75 Å². The number of ether oxygens (including phenoxy) is 4. The van der Waals surface area contributed by atoms with E-state index < -0.39 is 5.60 Å². The summed E-state index contributed by atoms with van der Waals surface area (Å²) in [6.45, 7) is 6.34. The lowest BCUT2D eigenvalue weighted by atomic mass is 9.96. The van der Waals surface area contributed by atoms with E-state index in [-0.39, 0.29) is 43.8 Å². The first kappa shape index (κ1) is 32.3. The normalized spacial score (nSPS) is 23.0. The van der Waals surface area contributed by atoms with Gasteiger partial charge in [-0.1, -0.05) is 6.07 Å². The van der Waals surface area contributed by atoms with E-state index in [1.165, 1.54) is 0 Å². The number of hydrogen-bond donors (Lipinski definition) is 1. The Hall–Kier alpha value is -3.67. The highest BCUT2D eigenvalue weighted by molar-refractivity contribution is 5.78. The second-order valence-electron chi connectivity index (χ2n) is 13.6. The molecule has 3 aliphatic rings. The largest absolute Gasteiger partial charge is 0.467 e. The molecule has 0 spiro atoms. The summed E-state index contributed by atoms with van der Waals surface area (Å²) in [4.78, 5) is 22.0. The minimum atomic E-state index is -0.515. The molecule has 1 amide bonds. The summed E-state index contributed by atoms with van der Waals surface area (Å²) in [6.07, 6.45) is 10.5. The number of anilines is 1. The minimum absolute atomic E-state index is 0.0338. The lowest BCUT2D eigenvalue weighted by molar-refractivity contribution is -0.0394. The van der Waals surface area contributed by atoms with Crippen molar-refractivity contribution in [1.82, 2.24) is 19.7 Å². The van der Waals surface area contributed by atoms with E-state index in [9.17, 15) is 9.90 Å². The van der Waals surface area contributed by atoms with Gasteiger partial charge in [0.1, 0.15) is 23.4 Å². The van der Waals surface area contributed by atoms with Gasteiger partial charge in [0.15, 0.2) is 6.79 Å². The van der Waals surface area contributed by atoms with Crippen molar-refractivity contribution in [3.05, 3.63) is 48.4 Å². The average Bonchev–Trinajstić information content (AvgIpc) is 3.65. The smallest absolute Gasteiger partial charge is 0.410 e. The Labute approximate surface area is 271 Å². The molecule has 1 aromatic carbocycles. The summed E-state index contributed by atoms with van der Waals surface area (Å²) in [5, 5.41) is 15.1. The molecule has 11 nitrogen and oxygen atoms in total. The van der Waals surface area contributed by atoms with Crippen LogP contribution in [0, 0.1) is 0 Å². The number of hydrogen-bond acceptors (Lipinski definition) is 9. The van der Waals surface area contributed by atoms with Gasteiger partial charge in [-0.3, -0.25) is 0 Å². The van der Waals surface area contributed by atoms with Crippen molar-refractivity contribution in [2.45, 2.75) is 102 Å². The number of piperidine rings is 1. The van der Waals surface area contributed by atoms with Crippen LogP contribution in [-0.4, -0.2) is 82.1 Å². The average molecular weight is 634 g/mol. The van der Waals surface area contributed by atoms with Gasteiger partial charge in [-0.15, -0.1) is 0 Å². The highest BCUT2D eigenvalue weighted by atomic mass is 16.7. The third-order valence-corrected chi connectivity index (χ3v) is 9.32. The van der Waals surface area contributed by atoms with Crippen molar-refractivity contribution in [2.75, 3.05) is 32.5 Å². The molecule has 3 aromatic rings. The molecule has 3 aliphatic heterocycles. The number of amides is 1. The minimum Gasteiger partial charge on any atom is -0.467 e. The van der Waals surface area contributed by atoms with Crippen LogP contribution in [0.4, 0.5) is 10.6 Å². The molecule has 0 radical (unpaired) electrons. The fourth-order valence-electron chi connectivity index (χ4n) is 7.06. The Morgan fingerprint density at radius 3 is 2.50 bits per heavy atom. The Balaban J connectivity index is 1.22. The summed E-state index contributed by atoms with van der Waals surface area (Å²) in [5.74, 6) is 1.42. The molecule has 3 saturated heterocycles. The Morgan fingerprint density at radius 1 is 1.07 bits per heavy atom. The highest BCUT2D eigenvalue weighted by Crippen LogP contribution is 2.41. The maximum absolute atomic E-state index is 13.0. The topological polar surface area (TPSA) is 111 Å². The first-order chi connectivity index (χ1) is 22.1. The van der Waals surface area contributed by atoms with Gasteiger partial charge in [-0.2, -0.15) is 5.10 Å². The Kier molecular flexibility index (Phi) is 9.54. The molecule has 2 aromatic heterocycles. The summed E-state index contributed by atoms with van der Waals surface area (Å²) in [7, 11) is 3.64. The molecule has 0 saturated carbocycles. The molecule has 3 fully saturated rings. The third-order valence-electron chi connectivity index (χ3n) is 9.32. The van der Waals surface area contributed by atoms with Gasteiger partial charge in [0.25, 0.3) is 0 Å². The number of carbonyl (C=O) groups is 1. The van der Waals surface area contributed by atoms with Gasteiger partial charge in [0, 0.05) is 61.8 Å². The van der Waals surface area contributed by atoms with Crippen LogP contribution in [0.1, 0.15) is 77.6 Å². The SMILES string of the molecule is COCOc1cc(-c2cnn(C3CCCCO3)c2)ccc1-c1ccc(N(C)C2C[C@H]3CC[C@@H](C2)N3C(=O)OC(C)(C)C)nc1CO. The number of fused-ring (bicyclic) bond motifs is 2. The lowest BCUT2D eigenvalue weighted by Gasteiger charge is -2.42. The molecule has 1 N–H and O–H groups in total. The summed E-state index contributed by atoms with van der Waals surface area (Å²) >= 11 is 0. The zero-order valence-electron chi connectivity index (χ0n) is 27.6. The summed E-state index contributed by atoms with van der Waals surface area (Å²) in [6, 6.07) is 10.5. The third kappa shape index (κ3) is 6.86. The second-order valence-corrected chi connectivity index (χ2v) is 13.6. The zero-order chi connectivity index (χ0) is 32.4. The zero-order valence-corrected chi connectivity index (χ0v) is 27.6. The molecular formula is C35H47N5O6. The molecule has 2 unspecified atom stereocenters. The van der Waals surface area contributed by atoms with E-state index >= 15 is 0 Å². The Bertz CT molecular complexity index is 1500. The summed E-state index contributed by atoms with van der Waals surface area (Å²) in [5.41, 5.74) is 3.59. The van der Waals surface area contributed by atoms with E-state index in [4.69, 9.17) is 23.9 Å². The van der Waals surface area contributed by atoms with Crippen LogP contribution >= 0.6 is 0 Å². The van der Waals surface area contributed by atoms with Gasteiger partial charge in [0.05, 0.1) is 18.5 Å².